The van der Waals surface area contributed by atoms with E-state index < -0.39 is 20.0 Å². The van der Waals surface area contributed by atoms with Gasteiger partial charge in [-0.05, 0) is 78.3 Å². The monoisotopic (exact) mass is 494 g/mol. The van der Waals surface area contributed by atoms with Crippen LogP contribution < -0.4 is 9.44 Å². The van der Waals surface area contributed by atoms with Crippen molar-refractivity contribution >= 4 is 54.0 Å². The molecule has 2 aromatic rings. The van der Waals surface area contributed by atoms with Crippen molar-refractivity contribution in [3.05, 3.63) is 50.6 Å². The largest absolute Gasteiger partial charge is 0.283 e. The van der Waals surface area contributed by atoms with Crippen LogP contribution in [0.2, 0.25) is 0 Å². The maximum atomic E-state index is 12.9. The lowest BCUT2D eigenvalue weighted by molar-refractivity contribution is 0.599. The van der Waals surface area contributed by atoms with Gasteiger partial charge >= 0.3 is 0 Å². The zero-order chi connectivity index (χ0) is 19.0. The first kappa shape index (κ1) is 20.0. The van der Waals surface area contributed by atoms with E-state index in [0.717, 1.165) is 9.83 Å². The van der Waals surface area contributed by atoms with Crippen LogP contribution in [0.25, 0.3) is 0 Å². The lowest BCUT2D eigenvalue weighted by atomic mass is 10.1. The number of benzene rings is 2. The van der Waals surface area contributed by atoms with Crippen molar-refractivity contribution in [3.8, 4) is 0 Å². The fourth-order valence-electron chi connectivity index (χ4n) is 2.68. The van der Waals surface area contributed by atoms with Crippen molar-refractivity contribution in [2.75, 3.05) is 15.7 Å². The molecule has 2 N–H and O–H groups in total. The van der Waals surface area contributed by atoms with E-state index in [1.54, 1.807) is 45.0 Å². The molecule has 0 amide bonds. The van der Waals surface area contributed by atoms with Crippen LogP contribution in [0, 0.1) is 24.3 Å². The molecule has 0 aromatic heterocycles. The Balaban J connectivity index is 2.59. The maximum Gasteiger partial charge on any atom is 0.262 e. The van der Waals surface area contributed by atoms with Crippen molar-refractivity contribution in [3.63, 3.8) is 0 Å². The molecule has 2 rings (SSSR count). The summed E-state index contributed by atoms with van der Waals surface area (Å²) in [4.78, 5) is 0.0723. The molecule has 0 aliphatic rings. The van der Waals surface area contributed by atoms with Gasteiger partial charge in [0.1, 0.15) is 0 Å². The summed E-state index contributed by atoms with van der Waals surface area (Å²) in [6.45, 7) is 5.02. The quantitative estimate of drug-likeness (QED) is 0.624. The first-order chi connectivity index (χ1) is 11.4. The van der Waals surface area contributed by atoms with Crippen LogP contribution in [0.4, 0.5) is 11.4 Å². The van der Waals surface area contributed by atoms with E-state index in [-0.39, 0.29) is 10.6 Å². The van der Waals surface area contributed by atoms with Crippen LogP contribution in [0.1, 0.15) is 16.7 Å². The van der Waals surface area contributed by atoms with Crippen molar-refractivity contribution in [2.24, 2.45) is 0 Å². The minimum Gasteiger partial charge on any atom is -0.283 e. The Kier molecular flexibility index (Phi) is 5.69. The third-order valence-corrected chi connectivity index (χ3v) is 6.45. The number of hydrogen-bond donors (Lipinski definition) is 2. The van der Waals surface area contributed by atoms with Gasteiger partial charge in [-0.25, -0.2) is 16.8 Å². The van der Waals surface area contributed by atoms with Crippen LogP contribution in [0.3, 0.4) is 0 Å². The lowest BCUT2D eigenvalue weighted by Gasteiger charge is -2.18. The Morgan fingerprint density at radius 1 is 0.920 bits per heavy atom. The van der Waals surface area contributed by atoms with Gasteiger partial charge in [0.15, 0.2) is 0 Å². The summed E-state index contributed by atoms with van der Waals surface area (Å²) in [5.41, 5.74) is 2.31. The Hall–Kier alpha value is -1.33. The van der Waals surface area contributed by atoms with Gasteiger partial charge in [0.25, 0.3) is 10.0 Å². The normalized spacial score (nSPS) is 12.0. The van der Waals surface area contributed by atoms with E-state index in [0.29, 0.717) is 22.4 Å². The van der Waals surface area contributed by atoms with E-state index >= 15 is 0 Å². The standard InChI is InChI=1S/C16H19IN2O4S2/c1-10-8-11(2)16(12(3)15(10)19-24(4,20)21)25(22,23)18-14-7-5-6-13(17)9-14/h5-9,18-19H,1-4H3. The highest BCUT2D eigenvalue weighted by molar-refractivity contribution is 14.1. The summed E-state index contributed by atoms with van der Waals surface area (Å²) in [5, 5.41) is 0. The van der Waals surface area contributed by atoms with Gasteiger partial charge in [0.05, 0.1) is 16.8 Å². The molecule has 0 bridgehead atoms. The van der Waals surface area contributed by atoms with Gasteiger partial charge in [0.2, 0.25) is 10.0 Å². The Morgan fingerprint density at radius 2 is 1.56 bits per heavy atom. The average molecular weight is 494 g/mol. The number of anilines is 2. The maximum absolute atomic E-state index is 12.9. The number of aryl methyl sites for hydroxylation is 2. The molecule has 0 fully saturated rings. The zero-order valence-corrected chi connectivity index (χ0v) is 18.0. The van der Waals surface area contributed by atoms with Crippen LogP contribution in [-0.4, -0.2) is 23.1 Å². The predicted molar refractivity (Wildman–Crippen MR) is 109 cm³/mol. The summed E-state index contributed by atoms with van der Waals surface area (Å²) >= 11 is 2.10. The smallest absolute Gasteiger partial charge is 0.262 e. The van der Waals surface area contributed by atoms with Gasteiger partial charge in [0, 0.05) is 9.26 Å². The van der Waals surface area contributed by atoms with E-state index in [1.165, 1.54) is 0 Å². The molecule has 0 radical (unpaired) electrons. The van der Waals surface area contributed by atoms with Gasteiger partial charge < -0.3 is 0 Å². The number of hydrogen-bond acceptors (Lipinski definition) is 4. The first-order valence-electron chi connectivity index (χ1n) is 7.27. The molecule has 0 unspecified atom stereocenters. The van der Waals surface area contributed by atoms with Crippen molar-refractivity contribution < 1.29 is 16.8 Å². The number of nitrogens with one attached hydrogen (secondary N) is 2. The third-order valence-electron chi connectivity index (χ3n) is 3.53. The number of halogens is 1. The van der Waals surface area contributed by atoms with E-state index in [2.05, 4.69) is 32.0 Å². The van der Waals surface area contributed by atoms with Gasteiger partial charge in [-0.3, -0.25) is 9.44 Å². The molecule has 25 heavy (non-hydrogen) atoms. The van der Waals surface area contributed by atoms with Gasteiger partial charge in [-0.2, -0.15) is 0 Å². The summed E-state index contributed by atoms with van der Waals surface area (Å²) in [6.07, 6.45) is 1.03. The van der Waals surface area contributed by atoms with Crippen molar-refractivity contribution in [1.82, 2.24) is 0 Å². The van der Waals surface area contributed by atoms with Crippen molar-refractivity contribution in [1.29, 1.82) is 0 Å². The van der Waals surface area contributed by atoms with Gasteiger partial charge in [-0.1, -0.05) is 12.1 Å². The number of sulfonamides is 2. The average Bonchev–Trinajstić information content (AvgIpc) is 2.41. The molecule has 0 heterocycles. The van der Waals surface area contributed by atoms with E-state index in [4.69, 9.17) is 0 Å². The second kappa shape index (κ2) is 7.12. The van der Waals surface area contributed by atoms with Crippen LogP contribution >= 0.6 is 22.6 Å². The highest BCUT2D eigenvalue weighted by atomic mass is 127. The Morgan fingerprint density at radius 3 is 2.12 bits per heavy atom. The zero-order valence-electron chi connectivity index (χ0n) is 14.2. The highest BCUT2D eigenvalue weighted by Gasteiger charge is 2.24. The van der Waals surface area contributed by atoms with Crippen molar-refractivity contribution in [2.45, 2.75) is 25.7 Å². The fourth-order valence-corrected chi connectivity index (χ4v) is 5.44. The minimum atomic E-state index is -3.87. The molecular weight excluding hydrogens is 475 g/mol. The summed E-state index contributed by atoms with van der Waals surface area (Å²) in [5.74, 6) is 0. The molecule has 2 aromatic carbocycles. The van der Waals surface area contributed by atoms with Gasteiger partial charge in [-0.15, -0.1) is 0 Å². The molecular formula is C16H19IN2O4S2. The van der Waals surface area contributed by atoms with E-state index in [9.17, 15) is 16.8 Å². The fraction of sp³-hybridized carbons (Fsp3) is 0.250. The number of rotatable bonds is 5. The minimum absolute atomic E-state index is 0.0723. The molecule has 0 spiro atoms. The summed E-state index contributed by atoms with van der Waals surface area (Å²) in [7, 11) is -7.40. The highest BCUT2D eigenvalue weighted by Crippen LogP contribution is 2.32. The van der Waals surface area contributed by atoms with Crippen LogP contribution in [0.5, 0.6) is 0 Å². The molecule has 9 heteroatoms. The topological polar surface area (TPSA) is 92.3 Å². The molecule has 0 saturated carbocycles. The Labute approximate surface area is 162 Å². The molecule has 6 nitrogen and oxygen atoms in total. The van der Waals surface area contributed by atoms with Crippen LogP contribution in [0.15, 0.2) is 35.2 Å². The molecule has 0 saturated heterocycles. The second-order valence-electron chi connectivity index (χ2n) is 5.83. The summed E-state index contributed by atoms with van der Waals surface area (Å²) < 4.78 is 54.9. The molecule has 0 atom stereocenters. The van der Waals surface area contributed by atoms with E-state index in [1.807, 2.05) is 6.07 Å². The lowest BCUT2D eigenvalue weighted by Crippen LogP contribution is -2.19. The Bertz CT molecular complexity index is 1030. The summed E-state index contributed by atoms with van der Waals surface area (Å²) in [6, 6.07) is 8.64. The predicted octanol–water partition coefficient (Wildman–Crippen LogP) is 3.39. The second-order valence-corrected chi connectivity index (χ2v) is 10.4. The first-order valence-corrected chi connectivity index (χ1v) is 11.7. The van der Waals surface area contributed by atoms with Crippen LogP contribution in [-0.2, 0) is 20.0 Å². The molecule has 0 aliphatic heterocycles. The SMILES string of the molecule is Cc1cc(C)c(S(=O)(=O)Nc2cccc(I)c2)c(C)c1NS(C)(=O)=O. The molecule has 0 aliphatic carbocycles. The third kappa shape index (κ3) is 4.85. The molecule has 136 valence electrons.